The van der Waals surface area contributed by atoms with Crippen LogP contribution in [0.15, 0.2) is 24.7 Å². The highest BCUT2D eigenvalue weighted by Gasteiger charge is 2.27. The van der Waals surface area contributed by atoms with Crippen molar-refractivity contribution >= 4 is 44.8 Å². The maximum atomic E-state index is 12.9. The summed E-state index contributed by atoms with van der Waals surface area (Å²) >= 11 is 1.72. The SMILES string of the molecule is Cc1sc2ncnc(N3CCC(C(=O)Nc4ccc(N5CCN(C)CC5)nc4)CC3)c2c1C. The number of nitrogens with one attached hydrogen (secondary N) is 1. The second-order valence-electron chi connectivity index (χ2n) is 9.11. The number of piperidine rings is 1. The minimum atomic E-state index is 0.00111. The molecule has 5 heterocycles. The zero-order valence-electron chi connectivity index (χ0n) is 19.5. The molecule has 0 bridgehead atoms. The molecule has 0 spiro atoms. The molecule has 0 saturated carbocycles. The Morgan fingerprint density at radius 1 is 1.00 bits per heavy atom. The number of pyridine rings is 1. The molecule has 2 fully saturated rings. The molecule has 174 valence electrons. The van der Waals surface area contributed by atoms with Gasteiger partial charge in [-0.25, -0.2) is 15.0 Å². The van der Waals surface area contributed by atoms with E-state index in [4.69, 9.17) is 0 Å². The molecule has 0 unspecified atom stereocenters. The third-order valence-corrected chi connectivity index (χ3v) is 8.07. The van der Waals surface area contributed by atoms with Gasteiger partial charge in [0.15, 0.2) is 0 Å². The number of carbonyl (C=O) groups is 1. The van der Waals surface area contributed by atoms with E-state index in [0.717, 1.165) is 79.6 Å². The Kier molecular flexibility index (Phi) is 6.16. The highest BCUT2D eigenvalue weighted by atomic mass is 32.1. The third kappa shape index (κ3) is 4.52. The molecule has 1 amide bonds. The van der Waals surface area contributed by atoms with E-state index in [1.54, 1.807) is 23.9 Å². The summed E-state index contributed by atoms with van der Waals surface area (Å²) in [6.07, 6.45) is 5.06. The number of anilines is 3. The van der Waals surface area contributed by atoms with Gasteiger partial charge in [-0.3, -0.25) is 4.79 Å². The van der Waals surface area contributed by atoms with Crippen molar-refractivity contribution in [3.05, 3.63) is 35.1 Å². The molecular weight excluding hydrogens is 434 g/mol. The van der Waals surface area contributed by atoms with Crippen molar-refractivity contribution in [2.45, 2.75) is 26.7 Å². The number of aryl methyl sites for hydroxylation is 2. The molecule has 0 aliphatic carbocycles. The van der Waals surface area contributed by atoms with E-state index in [-0.39, 0.29) is 11.8 Å². The normalized spacial score (nSPS) is 18.2. The van der Waals surface area contributed by atoms with Crippen molar-refractivity contribution in [1.82, 2.24) is 19.9 Å². The first kappa shape index (κ1) is 22.0. The molecule has 2 aliphatic heterocycles. The molecule has 3 aromatic rings. The molecule has 33 heavy (non-hydrogen) atoms. The first-order chi connectivity index (χ1) is 16.0. The number of fused-ring (bicyclic) bond motifs is 1. The van der Waals surface area contributed by atoms with E-state index >= 15 is 0 Å². The smallest absolute Gasteiger partial charge is 0.227 e. The molecular formula is C24H31N7OS. The molecule has 5 rings (SSSR count). The Hall–Kier alpha value is -2.78. The van der Waals surface area contributed by atoms with Gasteiger partial charge in [-0.1, -0.05) is 0 Å². The fourth-order valence-electron chi connectivity index (χ4n) is 4.68. The average molecular weight is 466 g/mol. The van der Waals surface area contributed by atoms with E-state index in [9.17, 15) is 4.79 Å². The van der Waals surface area contributed by atoms with Crippen molar-refractivity contribution in [1.29, 1.82) is 0 Å². The minimum absolute atomic E-state index is 0.00111. The summed E-state index contributed by atoms with van der Waals surface area (Å²) in [6, 6.07) is 3.97. The summed E-state index contributed by atoms with van der Waals surface area (Å²) in [7, 11) is 2.14. The number of carbonyl (C=O) groups excluding carboxylic acids is 1. The number of likely N-dealkylation sites (N-methyl/N-ethyl adjacent to an activating group) is 1. The molecule has 2 aliphatic rings. The molecule has 0 radical (unpaired) electrons. The zero-order valence-corrected chi connectivity index (χ0v) is 20.4. The Bertz CT molecular complexity index is 1130. The molecule has 8 nitrogen and oxygen atoms in total. The first-order valence-corrected chi connectivity index (χ1v) is 12.5. The van der Waals surface area contributed by atoms with Crippen molar-refractivity contribution in [3.63, 3.8) is 0 Å². The summed E-state index contributed by atoms with van der Waals surface area (Å²) in [5.41, 5.74) is 2.03. The highest BCUT2D eigenvalue weighted by Crippen LogP contribution is 2.35. The largest absolute Gasteiger partial charge is 0.356 e. The average Bonchev–Trinajstić information content (AvgIpc) is 3.14. The monoisotopic (exact) mass is 465 g/mol. The van der Waals surface area contributed by atoms with Gasteiger partial charge >= 0.3 is 0 Å². The van der Waals surface area contributed by atoms with Gasteiger partial charge < -0.3 is 20.0 Å². The standard InChI is InChI=1S/C24H31N7OS/c1-16-17(2)33-24-21(16)22(26-15-27-24)31-8-6-18(7-9-31)23(32)28-19-4-5-20(25-14-19)30-12-10-29(3)11-13-30/h4-5,14-15,18H,6-13H2,1-3H3,(H,28,32). The van der Waals surface area contributed by atoms with Crippen LogP contribution in [0.1, 0.15) is 23.3 Å². The van der Waals surface area contributed by atoms with Crippen molar-refractivity contribution in [2.75, 3.05) is 61.4 Å². The molecule has 0 aromatic carbocycles. The topological polar surface area (TPSA) is 77.5 Å². The van der Waals surface area contributed by atoms with Crippen LogP contribution in [0.4, 0.5) is 17.3 Å². The summed E-state index contributed by atoms with van der Waals surface area (Å²) < 4.78 is 0. The van der Waals surface area contributed by atoms with Crippen LogP contribution in [0.3, 0.4) is 0 Å². The molecule has 3 aromatic heterocycles. The van der Waals surface area contributed by atoms with Gasteiger partial charge in [0.2, 0.25) is 5.91 Å². The van der Waals surface area contributed by atoms with Gasteiger partial charge in [0.25, 0.3) is 0 Å². The lowest BCUT2D eigenvalue weighted by molar-refractivity contribution is -0.120. The lowest BCUT2D eigenvalue weighted by atomic mass is 9.95. The van der Waals surface area contributed by atoms with Crippen molar-refractivity contribution in [2.24, 2.45) is 5.92 Å². The van der Waals surface area contributed by atoms with E-state index in [1.807, 2.05) is 12.1 Å². The number of piperazine rings is 1. The Morgan fingerprint density at radius 3 is 2.45 bits per heavy atom. The molecule has 2 saturated heterocycles. The van der Waals surface area contributed by atoms with E-state index in [1.165, 1.54) is 10.4 Å². The minimum Gasteiger partial charge on any atom is -0.356 e. The number of aromatic nitrogens is 3. The van der Waals surface area contributed by atoms with Gasteiger partial charge in [-0.2, -0.15) is 0 Å². The Labute approximate surface area is 198 Å². The number of rotatable bonds is 4. The van der Waals surface area contributed by atoms with Crippen molar-refractivity contribution in [3.8, 4) is 0 Å². The summed E-state index contributed by atoms with van der Waals surface area (Å²) in [5, 5.41) is 4.24. The third-order valence-electron chi connectivity index (χ3n) is 6.95. The van der Waals surface area contributed by atoms with Crippen LogP contribution in [0.5, 0.6) is 0 Å². The number of hydrogen-bond donors (Lipinski definition) is 1. The first-order valence-electron chi connectivity index (χ1n) is 11.7. The second-order valence-corrected chi connectivity index (χ2v) is 10.3. The lowest BCUT2D eigenvalue weighted by Crippen LogP contribution is -2.44. The van der Waals surface area contributed by atoms with Crippen LogP contribution < -0.4 is 15.1 Å². The molecule has 0 atom stereocenters. The number of thiophene rings is 1. The van der Waals surface area contributed by atoms with E-state index < -0.39 is 0 Å². The summed E-state index contributed by atoms with van der Waals surface area (Å²) in [6.45, 7) is 9.97. The number of amides is 1. The summed E-state index contributed by atoms with van der Waals surface area (Å²) in [4.78, 5) is 35.8. The van der Waals surface area contributed by atoms with Gasteiger partial charge in [0.05, 0.1) is 17.3 Å². The molecule has 1 N–H and O–H groups in total. The van der Waals surface area contributed by atoms with Crippen LogP contribution in [0.25, 0.3) is 10.2 Å². The van der Waals surface area contributed by atoms with Crippen LogP contribution in [0, 0.1) is 19.8 Å². The fourth-order valence-corrected chi connectivity index (χ4v) is 5.68. The van der Waals surface area contributed by atoms with Crippen LogP contribution >= 0.6 is 11.3 Å². The number of nitrogens with zero attached hydrogens (tertiary/aromatic N) is 6. The Balaban J connectivity index is 1.18. The van der Waals surface area contributed by atoms with E-state index in [2.05, 4.69) is 55.9 Å². The second kappa shape index (κ2) is 9.23. The van der Waals surface area contributed by atoms with Gasteiger partial charge in [0, 0.05) is 50.1 Å². The van der Waals surface area contributed by atoms with Gasteiger partial charge in [-0.05, 0) is 51.4 Å². The van der Waals surface area contributed by atoms with Crippen LogP contribution in [-0.4, -0.2) is 72.1 Å². The molecule has 9 heteroatoms. The fraction of sp³-hybridized carbons (Fsp3) is 0.500. The van der Waals surface area contributed by atoms with Crippen molar-refractivity contribution < 1.29 is 4.79 Å². The maximum Gasteiger partial charge on any atom is 0.227 e. The zero-order chi connectivity index (χ0) is 22.9. The Morgan fingerprint density at radius 2 is 1.76 bits per heavy atom. The highest BCUT2D eigenvalue weighted by molar-refractivity contribution is 7.18. The predicted molar refractivity (Wildman–Crippen MR) is 134 cm³/mol. The quantitative estimate of drug-likeness (QED) is 0.633. The summed E-state index contributed by atoms with van der Waals surface area (Å²) in [5.74, 6) is 2.06. The maximum absolute atomic E-state index is 12.9. The lowest BCUT2D eigenvalue weighted by Gasteiger charge is -2.33. The number of hydrogen-bond acceptors (Lipinski definition) is 8. The van der Waals surface area contributed by atoms with Gasteiger partial charge in [0.1, 0.15) is 22.8 Å². The van der Waals surface area contributed by atoms with Crippen LogP contribution in [-0.2, 0) is 4.79 Å². The van der Waals surface area contributed by atoms with E-state index in [0.29, 0.717) is 0 Å². The predicted octanol–water partition coefficient (Wildman–Crippen LogP) is 3.31. The van der Waals surface area contributed by atoms with Crippen LogP contribution in [0.2, 0.25) is 0 Å². The van der Waals surface area contributed by atoms with Gasteiger partial charge in [-0.15, -0.1) is 11.3 Å².